The first-order chi connectivity index (χ1) is 9.41. The molecule has 0 aliphatic rings. The van der Waals surface area contributed by atoms with Gasteiger partial charge in [0.05, 0.1) is 6.26 Å². The Morgan fingerprint density at radius 3 is 2.48 bits per heavy atom. The van der Waals surface area contributed by atoms with E-state index in [0.29, 0.717) is 21.3 Å². The fourth-order valence-corrected chi connectivity index (χ4v) is 3.42. The monoisotopic (exact) mass is 377 g/mol. The Bertz CT molecular complexity index is 657. The first-order valence-corrected chi connectivity index (χ1v) is 8.92. The van der Waals surface area contributed by atoms with Gasteiger partial charge in [-0.2, -0.15) is 0 Å². The molecule has 1 rings (SSSR count). The molecule has 8 heteroatoms. The van der Waals surface area contributed by atoms with Gasteiger partial charge in [0.15, 0.2) is 0 Å². The lowest BCUT2D eigenvalue weighted by molar-refractivity contribution is 0.0944. The molecule has 0 heterocycles. The molecule has 0 unspecified atom stereocenters. The summed E-state index contributed by atoms with van der Waals surface area (Å²) in [6.07, 6.45) is 1.08. The molecule has 0 aromatic heterocycles. The van der Waals surface area contributed by atoms with Crippen molar-refractivity contribution in [1.82, 2.24) is 10.0 Å². The fourth-order valence-electron chi connectivity index (χ4n) is 1.87. The van der Waals surface area contributed by atoms with Gasteiger partial charge in [0.2, 0.25) is 10.0 Å². The van der Waals surface area contributed by atoms with E-state index in [1.807, 2.05) is 0 Å². The molecule has 21 heavy (non-hydrogen) atoms. The maximum atomic E-state index is 12.2. The van der Waals surface area contributed by atoms with Crippen LogP contribution in [0.3, 0.4) is 0 Å². The highest BCUT2D eigenvalue weighted by atomic mass is 79.9. The summed E-state index contributed by atoms with van der Waals surface area (Å²) in [6, 6.07) is 3.40. The Labute approximate surface area is 133 Å². The van der Waals surface area contributed by atoms with E-state index in [9.17, 15) is 13.2 Å². The third-order valence-electron chi connectivity index (χ3n) is 2.81. The van der Waals surface area contributed by atoms with Crippen molar-refractivity contribution < 1.29 is 13.2 Å². The summed E-state index contributed by atoms with van der Waals surface area (Å²) in [7, 11) is -3.34. The van der Waals surface area contributed by atoms with Crippen LogP contribution in [0.15, 0.2) is 16.6 Å². The molecule has 0 spiro atoms. The third-order valence-corrected chi connectivity index (χ3v) is 4.19. The van der Waals surface area contributed by atoms with Gasteiger partial charge in [-0.25, -0.2) is 13.1 Å². The summed E-state index contributed by atoms with van der Waals surface area (Å²) < 4.78 is 25.7. The van der Waals surface area contributed by atoms with Gasteiger partial charge in [0.25, 0.3) is 5.91 Å². The van der Waals surface area contributed by atoms with E-state index in [1.165, 1.54) is 0 Å². The van der Waals surface area contributed by atoms with Crippen LogP contribution in [0.4, 0.5) is 5.69 Å². The average Bonchev–Trinajstić information content (AvgIpc) is 2.27. The van der Waals surface area contributed by atoms with Gasteiger partial charge in [-0.15, -0.1) is 0 Å². The largest absolute Gasteiger partial charge is 0.398 e. The van der Waals surface area contributed by atoms with Crippen molar-refractivity contribution in [2.45, 2.75) is 26.3 Å². The minimum absolute atomic E-state index is 0.158. The SMILES string of the molecule is Cc1c(N)cc(Br)cc1C(=O)NCC(C)(C)NS(C)(=O)=O. The van der Waals surface area contributed by atoms with Crippen molar-refractivity contribution in [2.75, 3.05) is 18.5 Å². The molecule has 4 N–H and O–H groups in total. The lowest BCUT2D eigenvalue weighted by Gasteiger charge is -2.25. The number of nitrogens with two attached hydrogens (primary N) is 1. The normalized spacial score (nSPS) is 12.2. The second kappa shape index (κ2) is 6.33. The molecule has 1 amide bonds. The summed E-state index contributed by atoms with van der Waals surface area (Å²) >= 11 is 3.29. The van der Waals surface area contributed by atoms with Crippen LogP contribution in [-0.4, -0.2) is 32.7 Å². The van der Waals surface area contributed by atoms with E-state index in [2.05, 4.69) is 26.0 Å². The summed E-state index contributed by atoms with van der Waals surface area (Å²) in [5.41, 5.74) is 6.70. The van der Waals surface area contributed by atoms with Crippen LogP contribution in [0, 0.1) is 6.92 Å². The second-order valence-electron chi connectivity index (χ2n) is 5.61. The van der Waals surface area contributed by atoms with Crippen molar-refractivity contribution in [3.05, 3.63) is 27.7 Å². The van der Waals surface area contributed by atoms with Gasteiger partial charge in [-0.05, 0) is 38.5 Å². The molecule has 6 nitrogen and oxygen atoms in total. The molecule has 0 fully saturated rings. The number of nitrogen functional groups attached to an aromatic ring is 1. The van der Waals surface area contributed by atoms with Crippen molar-refractivity contribution in [1.29, 1.82) is 0 Å². The number of carbonyl (C=O) groups excluding carboxylic acids is 1. The van der Waals surface area contributed by atoms with Crippen LogP contribution in [-0.2, 0) is 10.0 Å². The predicted molar refractivity (Wildman–Crippen MR) is 87.7 cm³/mol. The van der Waals surface area contributed by atoms with Gasteiger partial charge in [-0.3, -0.25) is 4.79 Å². The number of carbonyl (C=O) groups is 1. The highest BCUT2D eigenvalue weighted by Crippen LogP contribution is 2.22. The number of halogens is 1. The molecule has 0 saturated heterocycles. The Kier molecular flexibility index (Phi) is 5.40. The number of rotatable bonds is 5. The molecule has 1 aromatic carbocycles. The van der Waals surface area contributed by atoms with Crippen molar-refractivity contribution in [3.8, 4) is 0 Å². The molecular formula is C13H20BrN3O3S. The first-order valence-electron chi connectivity index (χ1n) is 6.24. The Hall–Kier alpha value is -1.12. The highest BCUT2D eigenvalue weighted by molar-refractivity contribution is 9.10. The maximum absolute atomic E-state index is 12.2. The lowest BCUT2D eigenvalue weighted by Crippen LogP contribution is -2.51. The van der Waals surface area contributed by atoms with Crippen LogP contribution in [0.1, 0.15) is 29.8 Å². The van der Waals surface area contributed by atoms with Crippen LogP contribution in [0.25, 0.3) is 0 Å². The van der Waals surface area contributed by atoms with Gasteiger partial charge < -0.3 is 11.1 Å². The molecular weight excluding hydrogens is 358 g/mol. The molecule has 0 bridgehead atoms. The van der Waals surface area contributed by atoms with Crippen molar-refractivity contribution in [2.24, 2.45) is 0 Å². The molecule has 0 radical (unpaired) electrons. The second-order valence-corrected chi connectivity index (χ2v) is 8.27. The quantitative estimate of drug-likeness (QED) is 0.674. The summed E-state index contributed by atoms with van der Waals surface area (Å²) in [5, 5.41) is 2.71. The first kappa shape index (κ1) is 17.9. The smallest absolute Gasteiger partial charge is 0.251 e. The van der Waals surface area contributed by atoms with Crippen LogP contribution in [0.2, 0.25) is 0 Å². The zero-order valence-electron chi connectivity index (χ0n) is 12.5. The Morgan fingerprint density at radius 1 is 1.38 bits per heavy atom. The van der Waals surface area contributed by atoms with Gasteiger partial charge >= 0.3 is 0 Å². The zero-order valence-corrected chi connectivity index (χ0v) is 14.9. The highest BCUT2D eigenvalue weighted by Gasteiger charge is 2.23. The molecule has 0 saturated carbocycles. The standard InChI is InChI=1S/C13H20BrN3O3S/c1-8-10(5-9(14)6-11(8)15)12(18)16-7-13(2,3)17-21(4,19)20/h5-6,17H,7,15H2,1-4H3,(H,16,18). The minimum atomic E-state index is -3.34. The zero-order chi connectivity index (χ0) is 16.4. The Balaban J connectivity index is 2.84. The molecule has 0 atom stereocenters. The number of hydrogen-bond donors (Lipinski definition) is 3. The van der Waals surface area contributed by atoms with E-state index in [0.717, 1.165) is 6.26 Å². The van der Waals surface area contributed by atoms with Gasteiger partial charge in [0.1, 0.15) is 0 Å². The number of nitrogens with one attached hydrogen (secondary N) is 2. The maximum Gasteiger partial charge on any atom is 0.251 e. The fraction of sp³-hybridized carbons (Fsp3) is 0.462. The van der Waals surface area contributed by atoms with Gasteiger partial charge in [-0.1, -0.05) is 15.9 Å². The van der Waals surface area contributed by atoms with Crippen molar-refractivity contribution >= 4 is 37.5 Å². The average molecular weight is 378 g/mol. The number of hydrogen-bond acceptors (Lipinski definition) is 4. The van der Waals surface area contributed by atoms with E-state index in [1.54, 1.807) is 32.9 Å². The molecule has 0 aliphatic heterocycles. The number of sulfonamides is 1. The summed E-state index contributed by atoms with van der Waals surface area (Å²) in [5.74, 6) is -0.302. The summed E-state index contributed by atoms with van der Waals surface area (Å²) in [4.78, 5) is 12.2. The van der Waals surface area contributed by atoms with E-state index >= 15 is 0 Å². The number of amides is 1. The molecule has 1 aromatic rings. The number of benzene rings is 1. The van der Waals surface area contributed by atoms with E-state index < -0.39 is 15.6 Å². The number of anilines is 1. The topological polar surface area (TPSA) is 101 Å². The van der Waals surface area contributed by atoms with E-state index in [4.69, 9.17) is 5.73 Å². The Morgan fingerprint density at radius 2 is 1.95 bits per heavy atom. The third kappa shape index (κ3) is 5.64. The predicted octanol–water partition coefficient (Wildman–Crippen LogP) is 1.40. The van der Waals surface area contributed by atoms with Crippen molar-refractivity contribution in [3.63, 3.8) is 0 Å². The molecule has 0 aliphatic carbocycles. The summed E-state index contributed by atoms with van der Waals surface area (Å²) in [6.45, 7) is 5.30. The lowest BCUT2D eigenvalue weighted by atomic mass is 10.0. The van der Waals surface area contributed by atoms with E-state index in [-0.39, 0.29) is 12.5 Å². The molecule has 118 valence electrons. The minimum Gasteiger partial charge on any atom is -0.398 e. The van der Waals surface area contributed by atoms with Crippen LogP contribution in [0.5, 0.6) is 0 Å². The van der Waals surface area contributed by atoms with Crippen LogP contribution >= 0.6 is 15.9 Å². The van der Waals surface area contributed by atoms with Gasteiger partial charge in [0, 0.05) is 27.8 Å². The van der Waals surface area contributed by atoms with Crippen LogP contribution < -0.4 is 15.8 Å².